The molecule has 1 heteroatoms. The third-order valence-electron chi connectivity index (χ3n) is 2.87. The fourth-order valence-corrected chi connectivity index (χ4v) is 2.05. The van der Waals surface area contributed by atoms with Crippen molar-refractivity contribution in [3.63, 3.8) is 0 Å². The minimum absolute atomic E-state index is 0.410. The molecule has 0 saturated heterocycles. The molecule has 17 heavy (non-hydrogen) atoms. The second-order valence-electron chi connectivity index (χ2n) is 4.92. The van der Waals surface area contributed by atoms with Crippen molar-refractivity contribution in [3.05, 3.63) is 53.6 Å². The van der Waals surface area contributed by atoms with Gasteiger partial charge < -0.3 is 5.11 Å². The molecular weight excluding hydrogens is 208 g/mol. The van der Waals surface area contributed by atoms with Crippen molar-refractivity contribution in [1.82, 2.24) is 0 Å². The fraction of sp³-hybridized carbons (Fsp3) is 0.375. The number of benzene rings is 1. The molecule has 0 aliphatic carbocycles. The molecule has 1 N–H and O–H groups in total. The largest absolute Gasteiger partial charge is 0.507 e. The summed E-state index contributed by atoms with van der Waals surface area (Å²) >= 11 is 0. The summed E-state index contributed by atoms with van der Waals surface area (Å²) in [6.07, 6.45) is 3.26. The van der Waals surface area contributed by atoms with E-state index in [1.807, 2.05) is 19.1 Å². The second kappa shape index (κ2) is 5.72. The highest BCUT2D eigenvalue weighted by Crippen LogP contribution is 2.32. The van der Waals surface area contributed by atoms with Crippen LogP contribution in [0.25, 0.3) is 0 Å². The molecule has 1 aromatic rings. The predicted octanol–water partition coefficient (Wildman–Crippen LogP) is 4.36. The normalized spacial score (nSPS) is 10.6. The summed E-state index contributed by atoms with van der Waals surface area (Å²) in [5, 5.41) is 10.3. The standard InChI is InChI=1S/C16H22O/c1-6-7-13-8-9-14(12(4)5)15(16(13)17)10-11(2)3/h6,8-9,12,17H,1-2,7,10H2,3-5H3. The summed E-state index contributed by atoms with van der Waals surface area (Å²) in [6, 6.07) is 4.11. The van der Waals surface area contributed by atoms with Gasteiger partial charge in [-0.15, -0.1) is 6.58 Å². The smallest absolute Gasteiger partial charge is 0.122 e. The van der Waals surface area contributed by atoms with E-state index < -0.39 is 0 Å². The van der Waals surface area contributed by atoms with Gasteiger partial charge in [-0.1, -0.05) is 44.2 Å². The molecule has 0 radical (unpaired) electrons. The maximum atomic E-state index is 10.3. The molecule has 0 spiro atoms. The Bertz CT molecular complexity index is 427. The zero-order valence-electron chi connectivity index (χ0n) is 11.1. The Morgan fingerprint density at radius 3 is 2.53 bits per heavy atom. The fourth-order valence-electron chi connectivity index (χ4n) is 2.05. The Morgan fingerprint density at radius 2 is 2.06 bits per heavy atom. The van der Waals surface area contributed by atoms with Crippen molar-refractivity contribution >= 4 is 0 Å². The molecule has 1 nitrogen and oxygen atoms in total. The van der Waals surface area contributed by atoms with E-state index in [1.165, 1.54) is 5.56 Å². The number of phenolic OH excluding ortho intramolecular Hbond substituents is 1. The predicted molar refractivity (Wildman–Crippen MR) is 74.6 cm³/mol. The van der Waals surface area contributed by atoms with Crippen molar-refractivity contribution in [1.29, 1.82) is 0 Å². The highest BCUT2D eigenvalue weighted by atomic mass is 16.3. The Hall–Kier alpha value is -1.50. The Labute approximate surface area is 104 Å². The topological polar surface area (TPSA) is 20.2 Å². The van der Waals surface area contributed by atoms with Crippen LogP contribution in [-0.4, -0.2) is 5.11 Å². The van der Waals surface area contributed by atoms with E-state index in [0.717, 1.165) is 23.1 Å². The minimum atomic E-state index is 0.410. The summed E-state index contributed by atoms with van der Waals surface area (Å²) < 4.78 is 0. The van der Waals surface area contributed by atoms with Crippen molar-refractivity contribution < 1.29 is 5.11 Å². The van der Waals surface area contributed by atoms with Crippen LogP contribution in [0.1, 0.15) is 43.4 Å². The molecule has 0 atom stereocenters. The van der Waals surface area contributed by atoms with E-state index in [1.54, 1.807) is 0 Å². The molecule has 0 aromatic heterocycles. The molecule has 0 heterocycles. The second-order valence-corrected chi connectivity index (χ2v) is 4.92. The number of rotatable bonds is 5. The zero-order chi connectivity index (χ0) is 13.0. The first-order valence-electron chi connectivity index (χ1n) is 6.06. The van der Waals surface area contributed by atoms with Gasteiger partial charge in [-0.2, -0.15) is 0 Å². The van der Waals surface area contributed by atoms with E-state index in [2.05, 4.69) is 33.1 Å². The van der Waals surface area contributed by atoms with Crippen molar-refractivity contribution in [2.24, 2.45) is 0 Å². The van der Waals surface area contributed by atoms with Crippen molar-refractivity contribution in [2.45, 2.75) is 39.5 Å². The van der Waals surface area contributed by atoms with Crippen molar-refractivity contribution in [2.75, 3.05) is 0 Å². The summed E-state index contributed by atoms with van der Waals surface area (Å²) in [6.45, 7) is 13.9. The van der Waals surface area contributed by atoms with Gasteiger partial charge in [0.1, 0.15) is 5.75 Å². The molecule has 0 bridgehead atoms. The van der Waals surface area contributed by atoms with Crippen LogP contribution in [0.3, 0.4) is 0 Å². The van der Waals surface area contributed by atoms with Crippen LogP contribution in [0.5, 0.6) is 5.75 Å². The third kappa shape index (κ3) is 3.23. The lowest BCUT2D eigenvalue weighted by Gasteiger charge is -2.17. The van der Waals surface area contributed by atoms with E-state index in [4.69, 9.17) is 0 Å². The minimum Gasteiger partial charge on any atom is -0.507 e. The average Bonchev–Trinajstić information content (AvgIpc) is 2.23. The van der Waals surface area contributed by atoms with Crippen LogP contribution in [0, 0.1) is 0 Å². The molecule has 92 valence electrons. The van der Waals surface area contributed by atoms with Gasteiger partial charge >= 0.3 is 0 Å². The van der Waals surface area contributed by atoms with Crippen LogP contribution >= 0.6 is 0 Å². The molecule has 0 unspecified atom stereocenters. The first kappa shape index (κ1) is 13.6. The van der Waals surface area contributed by atoms with Crippen molar-refractivity contribution in [3.8, 4) is 5.75 Å². The van der Waals surface area contributed by atoms with Crippen LogP contribution in [0.15, 0.2) is 36.9 Å². The number of hydrogen-bond acceptors (Lipinski definition) is 1. The number of allylic oxidation sites excluding steroid dienone is 2. The van der Waals surface area contributed by atoms with E-state index in [0.29, 0.717) is 18.1 Å². The van der Waals surface area contributed by atoms with Gasteiger partial charge in [0.25, 0.3) is 0 Å². The van der Waals surface area contributed by atoms with Gasteiger partial charge in [0, 0.05) is 5.56 Å². The molecule has 0 amide bonds. The van der Waals surface area contributed by atoms with E-state index >= 15 is 0 Å². The first-order valence-corrected chi connectivity index (χ1v) is 6.06. The molecule has 0 aliphatic rings. The SMILES string of the molecule is C=CCc1ccc(C(C)C)c(CC(=C)C)c1O. The lowest BCUT2D eigenvalue weighted by atomic mass is 9.90. The van der Waals surface area contributed by atoms with E-state index in [9.17, 15) is 5.11 Å². The summed E-state index contributed by atoms with van der Waals surface area (Å²) in [5.74, 6) is 0.826. The van der Waals surface area contributed by atoms with Gasteiger partial charge in [0.05, 0.1) is 0 Å². The number of aromatic hydroxyl groups is 1. The van der Waals surface area contributed by atoms with Gasteiger partial charge in [-0.05, 0) is 36.8 Å². The summed E-state index contributed by atoms with van der Waals surface area (Å²) in [5.41, 5.74) is 4.24. The van der Waals surface area contributed by atoms with Gasteiger partial charge in [0.2, 0.25) is 0 Å². The lowest BCUT2D eigenvalue weighted by molar-refractivity contribution is 0.462. The van der Waals surface area contributed by atoms with Gasteiger partial charge in [-0.3, -0.25) is 0 Å². The molecule has 1 rings (SSSR count). The van der Waals surface area contributed by atoms with Crippen LogP contribution in [-0.2, 0) is 12.8 Å². The molecule has 0 saturated carbocycles. The van der Waals surface area contributed by atoms with Crippen LogP contribution < -0.4 is 0 Å². The Balaban J connectivity index is 3.30. The highest BCUT2D eigenvalue weighted by Gasteiger charge is 2.14. The Morgan fingerprint density at radius 1 is 1.41 bits per heavy atom. The molecule has 1 aromatic carbocycles. The molecule has 0 fully saturated rings. The van der Waals surface area contributed by atoms with Crippen LogP contribution in [0.4, 0.5) is 0 Å². The zero-order valence-corrected chi connectivity index (χ0v) is 11.1. The maximum absolute atomic E-state index is 10.3. The van der Waals surface area contributed by atoms with E-state index in [-0.39, 0.29) is 0 Å². The summed E-state index contributed by atoms with van der Waals surface area (Å²) in [4.78, 5) is 0. The van der Waals surface area contributed by atoms with Gasteiger partial charge in [0.15, 0.2) is 0 Å². The number of phenols is 1. The molecular formula is C16H22O. The Kier molecular flexibility index (Phi) is 4.56. The lowest BCUT2D eigenvalue weighted by Crippen LogP contribution is -2.00. The monoisotopic (exact) mass is 230 g/mol. The molecule has 0 aliphatic heterocycles. The maximum Gasteiger partial charge on any atom is 0.122 e. The number of hydrogen-bond donors (Lipinski definition) is 1. The first-order chi connectivity index (χ1) is 7.97. The average molecular weight is 230 g/mol. The van der Waals surface area contributed by atoms with Gasteiger partial charge in [-0.25, -0.2) is 0 Å². The summed E-state index contributed by atoms with van der Waals surface area (Å²) in [7, 11) is 0. The third-order valence-corrected chi connectivity index (χ3v) is 2.87. The highest BCUT2D eigenvalue weighted by molar-refractivity contribution is 5.48. The van der Waals surface area contributed by atoms with Crippen LogP contribution in [0.2, 0.25) is 0 Å². The quantitative estimate of drug-likeness (QED) is 0.745.